The van der Waals surface area contributed by atoms with Crippen LogP contribution in [0, 0.1) is 0 Å². The van der Waals surface area contributed by atoms with Crippen molar-refractivity contribution in [1.29, 1.82) is 0 Å². The lowest BCUT2D eigenvalue weighted by Crippen LogP contribution is -2.28. The monoisotopic (exact) mass is 381 g/mol. The van der Waals surface area contributed by atoms with Crippen molar-refractivity contribution in [3.05, 3.63) is 42.7 Å². The number of amides is 1. The van der Waals surface area contributed by atoms with Gasteiger partial charge in [0.25, 0.3) is 5.91 Å². The first-order valence-electron chi connectivity index (χ1n) is 8.40. The quantitative estimate of drug-likeness (QED) is 0.703. The van der Waals surface area contributed by atoms with Crippen LogP contribution in [-0.2, 0) is 15.8 Å². The van der Waals surface area contributed by atoms with E-state index in [2.05, 4.69) is 20.1 Å². The smallest absolute Gasteiger partial charge is 0.258 e. The van der Waals surface area contributed by atoms with Crippen molar-refractivity contribution in [2.75, 3.05) is 11.9 Å². The molecular formula is C18H15N5O3S. The van der Waals surface area contributed by atoms with Crippen LogP contribution in [0.5, 0.6) is 5.75 Å². The summed E-state index contributed by atoms with van der Waals surface area (Å²) in [5.41, 5.74) is 2.67. The van der Waals surface area contributed by atoms with Gasteiger partial charge in [-0.2, -0.15) is 5.10 Å². The number of pyridine rings is 1. The van der Waals surface area contributed by atoms with Gasteiger partial charge in [0.15, 0.2) is 27.6 Å². The van der Waals surface area contributed by atoms with Crippen LogP contribution in [0.3, 0.4) is 0 Å². The molecule has 2 aliphatic rings. The third kappa shape index (κ3) is 2.67. The molecule has 4 heterocycles. The maximum Gasteiger partial charge on any atom is 0.258 e. The van der Waals surface area contributed by atoms with Gasteiger partial charge in [-0.05, 0) is 30.7 Å². The second-order valence-electron chi connectivity index (χ2n) is 6.47. The molecule has 27 heavy (non-hydrogen) atoms. The van der Waals surface area contributed by atoms with Crippen molar-refractivity contribution in [3.8, 4) is 16.9 Å². The number of hydrogen-bond acceptors (Lipinski definition) is 6. The molecular weight excluding hydrogens is 366 g/mol. The first kappa shape index (κ1) is 16.0. The topological polar surface area (TPSA) is 98.1 Å². The number of aromatic nitrogens is 3. The number of benzene rings is 1. The minimum absolute atomic E-state index is 0.231. The molecule has 2 unspecified atom stereocenters. The summed E-state index contributed by atoms with van der Waals surface area (Å²) in [4.78, 5) is 15.9. The third-order valence-corrected chi connectivity index (χ3v) is 5.53. The van der Waals surface area contributed by atoms with Crippen molar-refractivity contribution >= 4 is 38.6 Å². The van der Waals surface area contributed by atoms with Gasteiger partial charge in [0.2, 0.25) is 0 Å². The standard InChI is InChI=1S/C18H15N5O3S/c1-10-9-26-15-5-12(7-19-18(15)21-10)11-2-3-14-13(4-11)8-20-23(14)17-6-16(24)22-27(17)25/h2-8,10H,9H2,1H3,(H,19,21)(H,22,24). The lowest BCUT2D eigenvalue weighted by molar-refractivity contribution is -0.114. The van der Waals surface area contributed by atoms with Crippen molar-refractivity contribution in [2.45, 2.75) is 13.0 Å². The van der Waals surface area contributed by atoms with E-state index in [1.54, 1.807) is 12.4 Å². The largest absolute Gasteiger partial charge is 0.488 e. The molecule has 0 saturated carbocycles. The van der Waals surface area contributed by atoms with Crippen LogP contribution < -0.4 is 14.8 Å². The van der Waals surface area contributed by atoms with E-state index in [1.165, 1.54) is 10.8 Å². The maximum atomic E-state index is 12.0. The highest BCUT2D eigenvalue weighted by Gasteiger charge is 2.23. The molecule has 1 amide bonds. The number of carbonyl (C=O) groups is 1. The van der Waals surface area contributed by atoms with Crippen LogP contribution in [0.25, 0.3) is 27.1 Å². The molecule has 0 aliphatic carbocycles. The number of anilines is 1. The zero-order valence-corrected chi connectivity index (χ0v) is 15.1. The molecule has 8 nitrogen and oxygen atoms in total. The van der Waals surface area contributed by atoms with Gasteiger partial charge in [0.1, 0.15) is 6.61 Å². The minimum Gasteiger partial charge on any atom is -0.488 e. The molecule has 3 aromatic rings. The molecule has 0 fully saturated rings. The number of hydrogen-bond donors (Lipinski definition) is 2. The summed E-state index contributed by atoms with van der Waals surface area (Å²) in [6, 6.07) is 8.00. The number of nitrogens with one attached hydrogen (secondary N) is 2. The van der Waals surface area contributed by atoms with E-state index < -0.39 is 11.0 Å². The Bertz CT molecular complexity index is 1150. The van der Waals surface area contributed by atoms with Gasteiger partial charge in [-0.3, -0.25) is 9.52 Å². The van der Waals surface area contributed by atoms with Gasteiger partial charge in [0.05, 0.1) is 17.8 Å². The lowest BCUT2D eigenvalue weighted by atomic mass is 10.1. The Morgan fingerprint density at radius 3 is 2.96 bits per heavy atom. The maximum absolute atomic E-state index is 12.0. The van der Waals surface area contributed by atoms with E-state index in [0.29, 0.717) is 11.6 Å². The third-order valence-electron chi connectivity index (χ3n) is 4.47. The van der Waals surface area contributed by atoms with Gasteiger partial charge in [-0.15, -0.1) is 0 Å². The summed E-state index contributed by atoms with van der Waals surface area (Å²) in [5.74, 6) is 1.10. The molecule has 0 saturated heterocycles. The average molecular weight is 381 g/mol. The molecule has 5 rings (SSSR count). The lowest BCUT2D eigenvalue weighted by Gasteiger charge is -2.24. The van der Waals surface area contributed by atoms with Gasteiger partial charge in [0, 0.05) is 23.2 Å². The minimum atomic E-state index is -1.59. The summed E-state index contributed by atoms with van der Waals surface area (Å²) < 4.78 is 21.6. The number of nitrogens with zero attached hydrogens (tertiary/aromatic N) is 3. The SMILES string of the molecule is CC1COc2cc(-c3ccc4c(cnn4C4=CC(=O)NS4=O)c3)cnc2N1. The van der Waals surface area contributed by atoms with Crippen molar-refractivity contribution in [2.24, 2.45) is 0 Å². The van der Waals surface area contributed by atoms with Gasteiger partial charge in [-0.25, -0.2) is 13.9 Å². The Kier molecular flexibility index (Phi) is 3.51. The zero-order chi connectivity index (χ0) is 18.5. The number of fused-ring (bicyclic) bond motifs is 2. The van der Waals surface area contributed by atoms with Gasteiger partial charge >= 0.3 is 0 Å². The van der Waals surface area contributed by atoms with Crippen LogP contribution in [0.1, 0.15) is 6.92 Å². The zero-order valence-electron chi connectivity index (χ0n) is 14.3. The Morgan fingerprint density at radius 1 is 1.26 bits per heavy atom. The first-order valence-corrected chi connectivity index (χ1v) is 9.55. The van der Waals surface area contributed by atoms with E-state index >= 15 is 0 Å². The normalized spacial score (nSPS) is 21.2. The van der Waals surface area contributed by atoms with Crippen molar-refractivity contribution < 1.29 is 13.7 Å². The van der Waals surface area contributed by atoms with Crippen LogP contribution in [-0.4, -0.2) is 37.5 Å². The molecule has 1 aromatic carbocycles. The fraction of sp³-hybridized carbons (Fsp3) is 0.167. The highest BCUT2D eigenvalue weighted by atomic mass is 32.2. The Morgan fingerprint density at radius 2 is 2.15 bits per heavy atom. The summed E-state index contributed by atoms with van der Waals surface area (Å²) in [5, 5.41) is 8.78. The molecule has 0 bridgehead atoms. The molecule has 2 N–H and O–H groups in total. The summed E-state index contributed by atoms with van der Waals surface area (Å²) in [7, 11) is -1.59. The highest BCUT2D eigenvalue weighted by Crippen LogP contribution is 2.33. The van der Waals surface area contributed by atoms with Crippen LogP contribution in [0.2, 0.25) is 0 Å². The Balaban J connectivity index is 1.54. The highest BCUT2D eigenvalue weighted by molar-refractivity contribution is 7.93. The summed E-state index contributed by atoms with van der Waals surface area (Å²) in [6.45, 7) is 2.64. The van der Waals surface area contributed by atoms with E-state index in [9.17, 15) is 9.00 Å². The van der Waals surface area contributed by atoms with Crippen LogP contribution >= 0.6 is 0 Å². The molecule has 2 aromatic heterocycles. The van der Waals surface area contributed by atoms with Crippen molar-refractivity contribution in [3.63, 3.8) is 0 Å². The van der Waals surface area contributed by atoms with Crippen LogP contribution in [0.4, 0.5) is 5.82 Å². The van der Waals surface area contributed by atoms with Gasteiger partial charge < -0.3 is 10.1 Å². The predicted octanol–water partition coefficient (Wildman–Crippen LogP) is 1.88. The van der Waals surface area contributed by atoms with Crippen LogP contribution in [0.15, 0.2) is 42.7 Å². The molecule has 136 valence electrons. The van der Waals surface area contributed by atoms with Gasteiger partial charge in [-0.1, -0.05) is 6.07 Å². The number of ether oxygens (including phenoxy) is 1. The number of rotatable bonds is 2. The van der Waals surface area contributed by atoms with E-state index in [0.717, 1.165) is 33.6 Å². The molecule has 0 radical (unpaired) electrons. The second-order valence-corrected chi connectivity index (χ2v) is 7.63. The fourth-order valence-electron chi connectivity index (χ4n) is 3.18. The van der Waals surface area contributed by atoms with Crippen molar-refractivity contribution in [1.82, 2.24) is 19.5 Å². The molecule has 9 heteroatoms. The molecule has 2 atom stereocenters. The van der Waals surface area contributed by atoms with E-state index in [1.807, 2.05) is 31.2 Å². The molecule has 0 spiro atoms. The summed E-state index contributed by atoms with van der Waals surface area (Å²) in [6.07, 6.45) is 4.79. The predicted molar refractivity (Wildman–Crippen MR) is 102 cm³/mol. The molecule has 2 aliphatic heterocycles. The Labute approximate surface area is 156 Å². The number of carbonyl (C=O) groups excluding carboxylic acids is 1. The average Bonchev–Trinajstić information content (AvgIpc) is 3.22. The van der Waals surface area contributed by atoms with E-state index in [-0.39, 0.29) is 11.9 Å². The summed E-state index contributed by atoms with van der Waals surface area (Å²) >= 11 is 0. The van der Waals surface area contributed by atoms with E-state index in [4.69, 9.17) is 4.74 Å². The Hall–Kier alpha value is -3.20. The second kappa shape index (κ2) is 5.92. The first-order chi connectivity index (χ1) is 13.1. The fourth-order valence-corrected chi connectivity index (χ4v) is 4.04.